The lowest BCUT2D eigenvalue weighted by Crippen LogP contribution is -2.38. The topological polar surface area (TPSA) is 26.0 Å². The third-order valence-corrected chi connectivity index (χ3v) is 2.00. The van der Waals surface area contributed by atoms with E-state index in [1.165, 1.54) is 0 Å². The zero-order valence-electron chi connectivity index (χ0n) is 7.19. The molecule has 1 nitrogen and oxygen atoms in total. The molecule has 0 saturated carbocycles. The highest BCUT2D eigenvalue weighted by atomic mass is 14.7. The van der Waals surface area contributed by atoms with Crippen molar-refractivity contribution in [2.45, 2.75) is 45.1 Å². The van der Waals surface area contributed by atoms with Gasteiger partial charge in [0.15, 0.2) is 0 Å². The van der Waals surface area contributed by atoms with Gasteiger partial charge in [-0.05, 0) is 19.3 Å². The highest BCUT2D eigenvalue weighted by Crippen LogP contribution is 2.18. The van der Waals surface area contributed by atoms with Crippen LogP contribution >= 0.6 is 0 Å². The minimum absolute atomic E-state index is 0.0243. The van der Waals surface area contributed by atoms with Crippen molar-refractivity contribution in [3.05, 3.63) is 12.7 Å². The molecule has 60 valence electrons. The molecular formula is C9H19N. The normalized spacial score (nSPS) is 16.3. The number of rotatable bonds is 5. The Labute approximate surface area is 64.3 Å². The van der Waals surface area contributed by atoms with E-state index in [0.29, 0.717) is 0 Å². The summed E-state index contributed by atoms with van der Waals surface area (Å²) in [4.78, 5) is 0. The lowest BCUT2D eigenvalue weighted by atomic mass is 9.88. The molecule has 1 heteroatoms. The van der Waals surface area contributed by atoms with Gasteiger partial charge in [-0.2, -0.15) is 0 Å². The van der Waals surface area contributed by atoms with Crippen molar-refractivity contribution in [1.82, 2.24) is 0 Å². The predicted octanol–water partition coefficient (Wildman–Crippen LogP) is 2.47. The van der Waals surface area contributed by atoms with Crippen molar-refractivity contribution >= 4 is 0 Å². The summed E-state index contributed by atoms with van der Waals surface area (Å²) >= 11 is 0. The smallest absolute Gasteiger partial charge is 0.0186 e. The van der Waals surface area contributed by atoms with Gasteiger partial charge in [-0.25, -0.2) is 0 Å². The molecule has 0 spiro atoms. The highest BCUT2D eigenvalue weighted by molar-refractivity contribution is 4.89. The Kier molecular flexibility index (Phi) is 4.37. The Balaban J connectivity index is 3.80. The lowest BCUT2D eigenvalue weighted by Gasteiger charge is -2.25. The highest BCUT2D eigenvalue weighted by Gasteiger charge is 2.18. The standard InChI is InChI=1S/C9H19N/c1-4-7-9(10,6-3)8-5-2/h4H,1,5-8,10H2,2-3H3. The second-order valence-corrected chi connectivity index (χ2v) is 2.96. The van der Waals surface area contributed by atoms with Gasteiger partial charge in [-0.15, -0.1) is 6.58 Å². The van der Waals surface area contributed by atoms with E-state index >= 15 is 0 Å². The quantitative estimate of drug-likeness (QED) is 0.585. The Morgan fingerprint density at radius 3 is 2.40 bits per heavy atom. The van der Waals surface area contributed by atoms with Crippen LogP contribution in [0, 0.1) is 0 Å². The van der Waals surface area contributed by atoms with Crippen molar-refractivity contribution in [3.8, 4) is 0 Å². The summed E-state index contributed by atoms with van der Waals surface area (Å²) < 4.78 is 0. The molecule has 1 atom stereocenters. The molecule has 1 unspecified atom stereocenters. The molecule has 0 aromatic rings. The maximum absolute atomic E-state index is 6.05. The molecule has 0 aromatic carbocycles. The van der Waals surface area contributed by atoms with Crippen molar-refractivity contribution in [1.29, 1.82) is 0 Å². The predicted molar refractivity (Wildman–Crippen MR) is 46.9 cm³/mol. The first-order valence-corrected chi connectivity index (χ1v) is 4.08. The van der Waals surface area contributed by atoms with Gasteiger partial charge in [0.05, 0.1) is 0 Å². The molecule has 0 radical (unpaired) electrons. The van der Waals surface area contributed by atoms with E-state index < -0.39 is 0 Å². The molecule has 0 amide bonds. The fraction of sp³-hybridized carbons (Fsp3) is 0.778. The SMILES string of the molecule is C=CCC(N)(CC)CCC. The molecule has 0 bridgehead atoms. The van der Waals surface area contributed by atoms with Gasteiger partial charge in [0.25, 0.3) is 0 Å². The molecule has 0 fully saturated rings. The summed E-state index contributed by atoms with van der Waals surface area (Å²) in [6.45, 7) is 8.00. The van der Waals surface area contributed by atoms with Crippen molar-refractivity contribution < 1.29 is 0 Å². The molecule has 0 aliphatic heterocycles. The number of hydrogen-bond donors (Lipinski definition) is 1. The van der Waals surface area contributed by atoms with Crippen molar-refractivity contribution in [2.75, 3.05) is 0 Å². The molecule has 0 aromatic heterocycles. The molecule has 10 heavy (non-hydrogen) atoms. The molecule has 0 rings (SSSR count). The summed E-state index contributed by atoms with van der Waals surface area (Å²) in [5, 5.41) is 0. The summed E-state index contributed by atoms with van der Waals surface area (Å²) in [5.41, 5.74) is 6.07. The second kappa shape index (κ2) is 4.51. The van der Waals surface area contributed by atoms with E-state index in [0.717, 1.165) is 25.7 Å². The zero-order valence-corrected chi connectivity index (χ0v) is 7.19. The lowest BCUT2D eigenvalue weighted by molar-refractivity contribution is 0.380. The van der Waals surface area contributed by atoms with Gasteiger partial charge in [0.2, 0.25) is 0 Å². The fourth-order valence-electron chi connectivity index (χ4n) is 1.21. The van der Waals surface area contributed by atoms with Gasteiger partial charge in [-0.1, -0.05) is 26.3 Å². The van der Waals surface area contributed by atoms with Crippen LogP contribution in [0.4, 0.5) is 0 Å². The minimum Gasteiger partial charge on any atom is -0.325 e. The molecule has 0 aliphatic carbocycles. The molecule has 0 aliphatic rings. The Hall–Kier alpha value is -0.300. The van der Waals surface area contributed by atoms with Crippen LogP contribution in [0.5, 0.6) is 0 Å². The number of hydrogen-bond acceptors (Lipinski definition) is 1. The number of nitrogens with two attached hydrogens (primary N) is 1. The van der Waals surface area contributed by atoms with E-state index in [1.54, 1.807) is 0 Å². The van der Waals surface area contributed by atoms with Crippen LogP contribution in [0.2, 0.25) is 0 Å². The van der Waals surface area contributed by atoms with Crippen molar-refractivity contribution in [3.63, 3.8) is 0 Å². The van der Waals surface area contributed by atoms with Crippen LogP contribution in [0.25, 0.3) is 0 Å². The summed E-state index contributed by atoms with van der Waals surface area (Å²) in [7, 11) is 0. The first-order valence-electron chi connectivity index (χ1n) is 4.08. The zero-order chi connectivity index (χ0) is 8.04. The monoisotopic (exact) mass is 141 g/mol. The third-order valence-electron chi connectivity index (χ3n) is 2.00. The van der Waals surface area contributed by atoms with E-state index in [4.69, 9.17) is 5.73 Å². The molecular weight excluding hydrogens is 122 g/mol. The average Bonchev–Trinajstić information content (AvgIpc) is 1.89. The Morgan fingerprint density at radius 1 is 1.50 bits per heavy atom. The van der Waals surface area contributed by atoms with Crippen LogP contribution in [0.1, 0.15) is 39.5 Å². The minimum atomic E-state index is 0.0243. The second-order valence-electron chi connectivity index (χ2n) is 2.96. The Morgan fingerprint density at radius 2 is 2.10 bits per heavy atom. The molecule has 0 heterocycles. The maximum atomic E-state index is 6.05. The molecule has 0 saturated heterocycles. The third kappa shape index (κ3) is 3.02. The van der Waals surface area contributed by atoms with E-state index in [-0.39, 0.29) is 5.54 Å². The van der Waals surface area contributed by atoms with E-state index in [2.05, 4.69) is 20.4 Å². The van der Waals surface area contributed by atoms with Gasteiger partial charge in [0.1, 0.15) is 0 Å². The first kappa shape index (κ1) is 9.70. The average molecular weight is 141 g/mol. The van der Waals surface area contributed by atoms with E-state index in [1.807, 2.05) is 6.08 Å². The Bertz CT molecular complexity index is 98.9. The summed E-state index contributed by atoms with van der Waals surface area (Å²) in [5.74, 6) is 0. The summed E-state index contributed by atoms with van der Waals surface area (Å²) in [6, 6.07) is 0. The largest absolute Gasteiger partial charge is 0.325 e. The van der Waals surface area contributed by atoms with Crippen LogP contribution < -0.4 is 5.73 Å². The van der Waals surface area contributed by atoms with Crippen LogP contribution in [0.3, 0.4) is 0 Å². The van der Waals surface area contributed by atoms with Gasteiger partial charge < -0.3 is 5.73 Å². The van der Waals surface area contributed by atoms with Crippen LogP contribution in [-0.2, 0) is 0 Å². The van der Waals surface area contributed by atoms with Gasteiger partial charge in [-0.3, -0.25) is 0 Å². The van der Waals surface area contributed by atoms with Crippen LogP contribution in [0.15, 0.2) is 12.7 Å². The van der Waals surface area contributed by atoms with Crippen molar-refractivity contribution in [2.24, 2.45) is 5.73 Å². The maximum Gasteiger partial charge on any atom is 0.0186 e. The van der Waals surface area contributed by atoms with Gasteiger partial charge >= 0.3 is 0 Å². The molecule has 2 N–H and O–H groups in total. The van der Waals surface area contributed by atoms with Gasteiger partial charge in [0, 0.05) is 5.54 Å². The summed E-state index contributed by atoms with van der Waals surface area (Å²) in [6.07, 6.45) is 6.18. The first-order chi connectivity index (χ1) is 4.68. The van der Waals surface area contributed by atoms with Crippen LogP contribution in [-0.4, -0.2) is 5.54 Å². The fourth-order valence-corrected chi connectivity index (χ4v) is 1.21. The van der Waals surface area contributed by atoms with E-state index in [9.17, 15) is 0 Å².